The SMILES string of the molecule is CCN(CCNS(C)(=O)=O)c1ccc(/N=C2/C(C(=O)NC(C)(C)C)=Nn3c2nnc3-c2c(C)cc(O)cc2NS(=O)(=O)c2ccc(O)c(C3SC(C)(C)CN3C)c2)cc1. The van der Waals surface area contributed by atoms with Crippen LogP contribution in [0.1, 0.15) is 63.9 Å². The van der Waals surface area contributed by atoms with Gasteiger partial charge in [-0.05, 0) is 110 Å². The second-order valence-corrected chi connectivity index (χ2v) is 21.5. The Bertz CT molecular complexity index is 2570. The first kappa shape index (κ1) is 43.6. The smallest absolute Gasteiger partial charge is 0.274 e. The highest BCUT2D eigenvalue weighted by Gasteiger charge is 2.39. The topological polar surface area (TPSA) is 224 Å². The van der Waals surface area contributed by atoms with Gasteiger partial charge in [-0.1, -0.05) is 0 Å². The highest BCUT2D eigenvalue weighted by molar-refractivity contribution is 8.01. The van der Waals surface area contributed by atoms with E-state index < -0.39 is 31.5 Å². The minimum atomic E-state index is -4.32. The quantitative estimate of drug-likeness (QED) is 0.125. The number of nitrogens with zero attached hydrogens (tertiary/aromatic N) is 7. The summed E-state index contributed by atoms with van der Waals surface area (Å²) in [6, 6.07) is 14.0. The number of carbonyl (C=O) groups excluding carboxylic acids is 1. The van der Waals surface area contributed by atoms with E-state index >= 15 is 0 Å². The summed E-state index contributed by atoms with van der Waals surface area (Å²) in [5.74, 6) is -0.568. The van der Waals surface area contributed by atoms with Crippen molar-refractivity contribution in [3.63, 3.8) is 0 Å². The summed E-state index contributed by atoms with van der Waals surface area (Å²) in [7, 11) is -5.74. The third-order valence-corrected chi connectivity index (χ3v) is 13.1. The Morgan fingerprint density at radius 2 is 1.71 bits per heavy atom. The maximum absolute atomic E-state index is 14.1. The summed E-state index contributed by atoms with van der Waals surface area (Å²) in [5.41, 5.74) is 1.84. The number of benzene rings is 3. The van der Waals surface area contributed by atoms with Crippen LogP contribution in [-0.2, 0) is 24.8 Å². The van der Waals surface area contributed by atoms with Gasteiger partial charge in [0.15, 0.2) is 11.5 Å². The minimum Gasteiger partial charge on any atom is -0.508 e. The average molecular weight is 867 g/mol. The number of aryl methyl sites for hydroxylation is 1. The Morgan fingerprint density at radius 3 is 2.32 bits per heavy atom. The molecule has 6 rings (SSSR count). The van der Waals surface area contributed by atoms with Crippen LogP contribution in [0, 0.1) is 6.92 Å². The Hall–Kier alpha value is -5.02. The first-order chi connectivity index (χ1) is 27.4. The van der Waals surface area contributed by atoms with Gasteiger partial charge in [0.2, 0.25) is 15.8 Å². The third kappa shape index (κ3) is 9.89. The summed E-state index contributed by atoms with van der Waals surface area (Å²) in [6.45, 7) is 15.3. The number of nitrogens with one attached hydrogen (secondary N) is 3. The van der Waals surface area contributed by atoms with Crippen molar-refractivity contribution in [2.45, 2.75) is 69.0 Å². The molecule has 0 spiro atoms. The average Bonchev–Trinajstić information content (AvgIpc) is 3.76. The van der Waals surface area contributed by atoms with Crippen molar-refractivity contribution in [3.05, 3.63) is 71.5 Å². The molecule has 316 valence electrons. The minimum absolute atomic E-state index is 0.0232. The van der Waals surface area contributed by atoms with Crippen molar-refractivity contribution in [1.82, 2.24) is 29.8 Å². The summed E-state index contributed by atoms with van der Waals surface area (Å²) < 4.78 is 57.7. The van der Waals surface area contributed by atoms with Crippen molar-refractivity contribution in [1.29, 1.82) is 0 Å². The van der Waals surface area contributed by atoms with Gasteiger partial charge in [-0.3, -0.25) is 14.4 Å². The summed E-state index contributed by atoms with van der Waals surface area (Å²) in [4.78, 5) is 22.5. The molecule has 59 heavy (non-hydrogen) atoms. The lowest BCUT2D eigenvalue weighted by atomic mass is 10.1. The molecule has 3 heterocycles. The van der Waals surface area contributed by atoms with E-state index in [1.54, 1.807) is 30.8 Å². The number of hydrogen-bond donors (Lipinski definition) is 5. The molecule has 4 aromatic rings. The number of hydrogen-bond acceptors (Lipinski definition) is 14. The predicted molar refractivity (Wildman–Crippen MR) is 232 cm³/mol. The molecule has 1 atom stereocenters. The number of phenols is 2. The number of fused-ring (bicyclic) bond motifs is 1. The van der Waals surface area contributed by atoms with Gasteiger partial charge in [-0.15, -0.1) is 22.0 Å². The fourth-order valence-corrected chi connectivity index (χ4v) is 9.96. The Kier molecular flexibility index (Phi) is 12.0. The maximum atomic E-state index is 14.1. The van der Waals surface area contributed by atoms with E-state index in [0.717, 1.165) is 18.5 Å². The van der Waals surface area contributed by atoms with Crippen molar-refractivity contribution >= 4 is 66.2 Å². The fraction of sp³-hybridized carbons (Fsp3) is 0.410. The second-order valence-electron chi connectivity index (χ2n) is 16.2. The highest BCUT2D eigenvalue weighted by atomic mass is 32.2. The van der Waals surface area contributed by atoms with Crippen LogP contribution in [-0.4, -0.2) is 114 Å². The van der Waals surface area contributed by atoms with Gasteiger partial charge >= 0.3 is 0 Å². The first-order valence-corrected chi connectivity index (χ1v) is 23.0. The molecule has 0 radical (unpaired) electrons. The molecule has 1 fully saturated rings. The van der Waals surface area contributed by atoms with E-state index in [4.69, 9.17) is 4.99 Å². The molecular formula is C39H50N10O7S3. The number of aromatic nitrogens is 3. The van der Waals surface area contributed by atoms with Crippen molar-refractivity contribution in [2.75, 3.05) is 49.1 Å². The number of likely N-dealkylation sites (N-methyl/N-ethyl adjacent to an activating group) is 1. The second kappa shape index (κ2) is 16.2. The number of sulfonamides is 2. The van der Waals surface area contributed by atoms with E-state index in [2.05, 4.69) is 48.8 Å². The predicted octanol–water partition coefficient (Wildman–Crippen LogP) is 4.55. The Labute approximate surface area is 349 Å². The molecule has 0 aliphatic carbocycles. The van der Waals surface area contributed by atoms with Gasteiger partial charge in [0.1, 0.15) is 17.2 Å². The molecule has 5 N–H and O–H groups in total. The number of rotatable bonds is 13. The molecule has 17 nitrogen and oxygen atoms in total. The van der Waals surface area contributed by atoms with Crippen LogP contribution in [0.3, 0.4) is 0 Å². The van der Waals surface area contributed by atoms with Crippen LogP contribution in [0.25, 0.3) is 11.4 Å². The zero-order valence-electron chi connectivity index (χ0n) is 34.4. The Balaban J connectivity index is 1.38. The number of amides is 1. The normalized spacial score (nSPS) is 17.5. The van der Waals surface area contributed by atoms with Gasteiger partial charge in [0.05, 0.1) is 27.9 Å². The lowest BCUT2D eigenvalue weighted by Crippen LogP contribution is -2.45. The number of aliphatic imine (C=N–C) groups is 1. The van der Waals surface area contributed by atoms with Crippen LogP contribution in [0.5, 0.6) is 11.5 Å². The first-order valence-electron chi connectivity index (χ1n) is 18.8. The van der Waals surface area contributed by atoms with Gasteiger partial charge in [0.25, 0.3) is 15.9 Å². The van der Waals surface area contributed by atoms with Gasteiger partial charge < -0.3 is 20.4 Å². The van der Waals surface area contributed by atoms with Crippen molar-refractivity contribution in [2.24, 2.45) is 10.1 Å². The van der Waals surface area contributed by atoms with E-state index in [9.17, 15) is 31.8 Å². The van der Waals surface area contributed by atoms with Gasteiger partial charge in [0, 0.05) is 59.3 Å². The van der Waals surface area contributed by atoms with E-state index in [-0.39, 0.29) is 67.4 Å². The van der Waals surface area contributed by atoms with Crippen molar-refractivity contribution < 1.29 is 31.8 Å². The number of phenolic OH excluding ortho intramolecular Hbond substituents is 2. The van der Waals surface area contributed by atoms with Gasteiger partial charge in [-0.2, -0.15) is 9.78 Å². The summed E-state index contributed by atoms with van der Waals surface area (Å²) >= 11 is 1.62. The van der Waals surface area contributed by atoms with Crippen LogP contribution in [0.15, 0.2) is 69.6 Å². The largest absolute Gasteiger partial charge is 0.508 e. The molecule has 1 aromatic heterocycles. The molecule has 2 aliphatic heterocycles. The van der Waals surface area contributed by atoms with Crippen LogP contribution in [0.4, 0.5) is 17.1 Å². The van der Waals surface area contributed by atoms with Gasteiger partial charge in [-0.25, -0.2) is 26.6 Å². The van der Waals surface area contributed by atoms with Crippen molar-refractivity contribution in [3.8, 4) is 22.9 Å². The van der Waals surface area contributed by atoms with E-state index in [1.807, 2.05) is 51.8 Å². The van der Waals surface area contributed by atoms with Crippen LogP contribution >= 0.6 is 11.8 Å². The highest BCUT2D eigenvalue weighted by Crippen LogP contribution is 2.50. The number of anilines is 2. The molecule has 1 unspecified atom stereocenters. The summed E-state index contributed by atoms with van der Waals surface area (Å²) in [5, 5.41) is 37.6. The molecular weight excluding hydrogens is 817 g/mol. The van der Waals surface area contributed by atoms with E-state index in [1.165, 1.54) is 35.0 Å². The molecule has 1 amide bonds. The number of aromatic hydroxyl groups is 2. The Morgan fingerprint density at radius 1 is 1.03 bits per heavy atom. The zero-order chi connectivity index (χ0) is 43.2. The number of thioether (sulfide) groups is 1. The summed E-state index contributed by atoms with van der Waals surface area (Å²) in [6.07, 6.45) is 1.11. The maximum Gasteiger partial charge on any atom is 0.274 e. The standard InChI is InChI=1S/C39H50N10O7S3/c1-10-48(18-17-40-58(9,53)54)25-13-11-24(12-14-25)41-32-33(36(52)42-38(3,4)5)45-49-34(43-44-35(32)49)31-23(2)19-26(50)20-29(31)46-59(55,56)27-15-16-30(51)28(21-27)37-47(8)22-39(6,7)57-37/h11-16,19-21,37,40,46,50-51H,10,17-18,22H2,1-9H3,(H,42,52)/b41-32-. The molecule has 20 heteroatoms. The molecule has 1 saturated heterocycles. The number of carbonyl (C=O) groups is 1. The molecule has 0 saturated carbocycles. The van der Waals surface area contributed by atoms with Crippen LogP contribution < -0.4 is 19.7 Å². The molecule has 3 aromatic carbocycles. The molecule has 2 aliphatic rings. The van der Waals surface area contributed by atoms with Crippen LogP contribution in [0.2, 0.25) is 0 Å². The monoisotopic (exact) mass is 866 g/mol. The zero-order valence-corrected chi connectivity index (χ0v) is 36.8. The molecule has 0 bridgehead atoms. The third-order valence-electron chi connectivity index (χ3n) is 9.39. The fourth-order valence-electron chi connectivity index (χ4n) is 6.95. The lowest BCUT2D eigenvalue weighted by Gasteiger charge is -2.23. The van der Waals surface area contributed by atoms with E-state index in [0.29, 0.717) is 29.9 Å². The lowest BCUT2D eigenvalue weighted by molar-refractivity contribution is -0.115.